The molecule has 6 heteroatoms. The van der Waals surface area contributed by atoms with Crippen LogP contribution in [0.1, 0.15) is 10.4 Å². The lowest BCUT2D eigenvalue weighted by Gasteiger charge is -2.21. The molecular formula is C10H12F2O3Si. The van der Waals surface area contributed by atoms with Gasteiger partial charge in [-0.05, 0) is 31.8 Å². The minimum absolute atomic E-state index is 0.508. The molecule has 0 saturated carbocycles. The highest BCUT2D eigenvalue weighted by Gasteiger charge is 2.26. The third kappa shape index (κ3) is 2.79. The van der Waals surface area contributed by atoms with Crippen molar-refractivity contribution in [1.29, 1.82) is 0 Å². The van der Waals surface area contributed by atoms with Crippen molar-refractivity contribution >= 4 is 14.3 Å². The summed E-state index contributed by atoms with van der Waals surface area (Å²) in [6, 6.07) is 1.63. The number of hydrogen-bond donors (Lipinski definition) is 1. The van der Waals surface area contributed by atoms with Crippen molar-refractivity contribution < 1.29 is 23.1 Å². The van der Waals surface area contributed by atoms with Crippen LogP contribution in [0.3, 0.4) is 0 Å². The lowest BCUT2D eigenvalue weighted by atomic mass is 10.2. The molecule has 0 saturated heterocycles. The molecule has 1 N–H and O–H groups in total. The van der Waals surface area contributed by atoms with Crippen molar-refractivity contribution in [2.45, 2.75) is 19.6 Å². The smallest absolute Gasteiger partial charge is 0.342 e. The first-order chi connectivity index (χ1) is 7.22. The maximum Gasteiger partial charge on any atom is 0.342 e. The third-order valence-electron chi connectivity index (χ3n) is 1.68. The van der Waals surface area contributed by atoms with Gasteiger partial charge < -0.3 is 9.53 Å². The van der Waals surface area contributed by atoms with Gasteiger partial charge in [0.05, 0.1) is 0 Å². The van der Waals surface area contributed by atoms with E-state index in [1.807, 2.05) is 0 Å². The number of carboxylic acids is 1. The summed E-state index contributed by atoms with van der Waals surface area (Å²) >= 11 is 0. The molecule has 88 valence electrons. The first-order valence-electron chi connectivity index (χ1n) is 4.62. The minimum atomic E-state index is -2.20. The third-order valence-corrected chi connectivity index (χ3v) is 2.50. The Balaban J connectivity index is 3.35. The second-order valence-corrected chi connectivity index (χ2v) is 8.68. The number of carbonyl (C=O) groups is 1. The summed E-state index contributed by atoms with van der Waals surface area (Å²) in [5, 5.41) is 8.80. The summed E-state index contributed by atoms with van der Waals surface area (Å²) in [7, 11) is -2.20. The Morgan fingerprint density at radius 1 is 1.25 bits per heavy atom. The fourth-order valence-electron chi connectivity index (χ4n) is 1.14. The zero-order valence-electron chi connectivity index (χ0n) is 9.17. The van der Waals surface area contributed by atoms with E-state index in [0.29, 0.717) is 0 Å². The van der Waals surface area contributed by atoms with Crippen LogP contribution in [0.2, 0.25) is 19.6 Å². The van der Waals surface area contributed by atoms with Gasteiger partial charge >= 0.3 is 5.97 Å². The molecule has 0 aliphatic rings. The topological polar surface area (TPSA) is 46.5 Å². The van der Waals surface area contributed by atoms with E-state index in [-0.39, 0.29) is 0 Å². The second kappa shape index (κ2) is 4.21. The average Bonchev–Trinajstić information content (AvgIpc) is 2.08. The first-order valence-corrected chi connectivity index (χ1v) is 8.03. The quantitative estimate of drug-likeness (QED) is 0.834. The van der Waals surface area contributed by atoms with E-state index in [1.165, 1.54) is 0 Å². The Kier molecular flexibility index (Phi) is 3.32. The Bertz CT molecular complexity index is 427. The van der Waals surface area contributed by atoms with Crippen molar-refractivity contribution in [1.82, 2.24) is 0 Å². The van der Waals surface area contributed by atoms with E-state index in [9.17, 15) is 13.6 Å². The van der Waals surface area contributed by atoms with Crippen LogP contribution in [-0.4, -0.2) is 19.4 Å². The largest absolute Gasteiger partial charge is 0.542 e. The van der Waals surface area contributed by atoms with Crippen molar-refractivity contribution in [2.75, 3.05) is 0 Å². The number of aromatic carboxylic acids is 1. The van der Waals surface area contributed by atoms with Crippen molar-refractivity contribution in [2.24, 2.45) is 0 Å². The summed E-state index contributed by atoms with van der Waals surface area (Å²) in [4.78, 5) is 10.8. The van der Waals surface area contributed by atoms with Crippen LogP contribution in [-0.2, 0) is 0 Å². The van der Waals surface area contributed by atoms with Gasteiger partial charge in [-0.15, -0.1) is 0 Å². The highest BCUT2D eigenvalue weighted by atomic mass is 28.4. The van der Waals surface area contributed by atoms with E-state index in [0.717, 1.165) is 12.1 Å². The molecule has 1 rings (SSSR count). The zero-order chi connectivity index (χ0) is 12.5. The molecule has 1 aromatic carbocycles. The highest BCUT2D eigenvalue weighted by molar-refractivity contribution is 6.70. The molecule has 1 aromatic rings. The fourth-order valence-corrected chi connectivity index (χ4v) is 1.95. The molecule has 16 heavy (non-hydrogen) atoms. The van der Waals surface area contributed by atoms with Gasteiger partial charge in [0, 0.05) is 0 Å². The summed E-state index contributed by atoms with van der Waals surface area (Å²) in [5.41, 5.74) is -0.748. The van der Waals surface area contributed by atoms with Gasteiger partial charge in [0.15, 0.2) is 11.6 Å². The van der Waals surface area contributed by atoms with Crippen LogP contribution < -0.4 is 4.43 Å². The number of halogens is 2. The van der Waals surface area contributed by atoms with Gasteiger partial charge in [-0.1, -0.05) is 0 Å². The van der Waals surface area contributed by atoms with Gasteiger partial charge in [0.2, 0.25) is 8.32 Å². The molecule has 0 aliphatic heterocycles. The molecule has 0 heterocycles. The van der Waals surface area contributed by atoms with E-state index in [4.69, 9.17) is 9.53 Å². The monoisotopic (exact) mass is 246 g/mol. The van der Waals surface area contributed by atoms with Crippen molar-refractivity contribution in [3.05, 3.63) is 29.3 Å². The molecule has 0 aromatic heterocycles. The maximum atomic E-state index is 13.4. The molecule has 0 aliphatic carbocycles. The van der Waals surface area contributed by atoms with Gasteiger partial charge in [-0.3, -0.25) is 0 Å². The van der Waals surface area contributed by atoms with Gasteiger partial charge in [-0.2, -0.15) is 0 Å². The molecule has 0 atom stereocenters. The van der Waals surface area contributed by atoms with Crippen LogP contribution in [0.5, 0.6) is 5.75 Å². The first kappa shape index (κ1) is 12.6. The zero-order valence-corrected chi connectivity index (χ0v) is 10.2. The van der Waals surface area contributed by atoms with E-state index in [2.05, 4.69) is 0 Å². The van der Waals surface area contributed by atoms with Gasteiger partial charge in [0.25, 0.3) is 0 Å². The fraction of sp³-hybridized carbons (Fsp3) is 0.300. The number of rotatable bonds is 3. The molecule has 0 spiro atoms. The molecule has 0 fully saturated rings. The molecule has 0 radical (unpaired) electrons. The molecular weight excluding hydrogens is 234 g/mol. The summed E-state index contributed by atoms with van der Waals surface area (Å²) < 4.78 is 31.9. The van der Waals surface area contributed by atoms with Gasteiger partial charge in [-0.25, -0.2) is 13.6 Å². The van der Waals surface area contributed by atoms with Crippen LogP contribution in [0.25, 0.3) is 0 Å². The predicted octanol–water partition coefficient (Wildman–Crippen LogP) is 2.88. The second-order valence-electron chi connectivity index (χ2n) is 4.25. The number of hydrogen-bond acceptors (Lipinski definition) is 2. The summed E-state index contributed by atoms with van der Waals surface area (Å²) in [6.07, 6.45) is 0. The predicted molar refractivity (Wildman–Crippen MR) is 57.3 cm³/mol. The lowest BCUT2D eigenvalue weighted by Crippen LogP contribution is -2.31. The molecule has 0 bridgehead atoms. The molecule has 3 nitrogen and oxygen atoms in total. The van der Waals surface area contributed by atoms with Crippen molar-refractivity contribution in [3.8, 4) is 5.75 Å². The van der Waals surface area contributed by atoms with Crippen LogP contribution in [0.4, 0.5) is 8.78 Å². The van der Waals surface area contributed by atoms with Crippen LogP contribution in [0.15, 0.2) is 12.1 Å². The Morgan fingerprint density at radius 2 is 1.75 bits per heavy atom. The minimum Gasteiger partial charge on any atom is -0.542 e. The maximum absolute atomic E-state index is 13.4. The van der Waals surface area contributed by atoms with E-state index < -0.39 is 37.2 Å². The van der Waals surface area contributed by atoms with Crippen LogP contribution >= 0.6 is 0 Å². The van der Waals surface area contributed by atoms with E-state index in [1.54, 1.807) is 19.6 Å². The lowest BCUT2D eigenvalue weighted by molar-refractivity contribution is 0.0688. The SMILES string of the molecule is C[Si](C)(C)Oc1c(F)ccc(F)c1C(=O)O. The summed E-state index contributed by atoms with van der Waals surface area (Å²) in [6.45, 7) is 5.26. The Morgan fingerprint density at radius 3 is 2.19 bits per heavy atom. The highest BCUT2D eigenvalue weighted by Crippen LogP contribution is 2.28. The van der Waals surface area contributed by atoms with Gasteiger partial charge in [0.1, 0.15) is 11.4 Å². The standard InChI is InChI=1S/C10H12F2O3Si/c1-16(2,3)15-9-7(12)5-4-6(11)8(9)10(13)14/h4-5H,1-3H3,(H,13,14). The van der Waals surface area contributed by atoms with Crippen LogP contribution in [0, 0.1) is 11.6 Å². The number of benzene rings is 1. The summed E-state index contributed by atoms with van der Waals surface area (Å²) in [5.74, 6) is -3.90. The number of carboxylic acid groups (broad SMARTS) is 1. The molecule has 0 unspecified atom stereocenters. The van der Waals surface area contributed by atoms with E-state index >= 15 is 0 Å². The average molecular weight is 246 g/mol. The Hall–Kier alpha value is -1.43. The molecule has 0 amide bonds. The normalized spacial score (nSPS) is 11.3. The van der Waals surface area contributed by atoms with Crippen molar-refractivity contribution in [3.63, 3.8) is 0 Å². The Labute approximate surface area is 92.8 Å².